The number of hydrogen-bond donors (Lipinski definition) is 1. The maximum Gasteiger partial charge on any atom is 0.0377 e. The summed E-state index contributed by atoms with van der Waals surface area (Å²) in [6, 6.07) is 13.0. The molecule has 0 radical (unpaired) electrons. The lowest BCUT2D eigenvalue weighted by atomic mass is 10.0. The molecule has 2 aromatic rings. The van der Waals surface area contributed by atoms with Crippen LogP contribution in [0.25, 0.3) is 0 Å². The number of hydrogen-bond acceptors (Lipinski definition) is 2. The molecule has 1 N–H and O–H groups in total. The van der Waals surface area contributed by atoms with E-state index in [9.17, 15) is 0 Å². The summed E-state index contributed by atoms with van der Waals surface area (Å²) in [4.78, 5) is 1.41. The van der Waals surface area contributed by atoms with Gasteiger partial charge in [0.25, 0.3) is 0 Å². The van der Waals surface area contributed by atoms with Crippen LogP contribution in [0.1, 0.15) is 16.5 Å². The number of likely N-dealkylation sites (N-methyl/N-ethyl adjacent to an activating group) is 1. The Morgan fingerprint density at radius 2 is 2.06 bits per heavy atom. The topological polar surface area (TPSA) is 12.0 Å². The maximum absolute atomic E-state index is 3.61. The molecule has 1 aromatic heterocycles. The van der Waals surface area contributed by atoms with Crippen molar-refractivity contribution in [3.05, 3.63) is 56.7 Å². The van der Waals surface area contributed by atoms with Gasteiger partial charge in [0.15, 0.2) is 0 Å². The zero-order valence-electron chi connectivity index (χ0n) is 9.11. The van der Waals surface area contributed by atoms with Gasteiger partial charge in [-0.2, -0.15) is 0 Å². The SMILES string of the molecule is CNC(Cc1cccs1)c1ccccc1Br. The fraction of sp³-hybridized carbons (Fsp3) is 0.231. The second-order valence-corrected chi connectivity index (χ2v) is 5.53. The van der Waals surface area contributed by atoms with E-state index < -0.39 is 0 Å². The second-order valence-electron chi connectivity index (χ2n) is 3.65. The molecule has 3 heteroatoms. The summed E-state index contributed by atoms with van der Waals surface area (Å²) in [7, 11) is 2.01. The van der Waals surface area contributed by atoms with Crippen molar-refractivity contribution < 1.29 is 0 Å². The lowest BCUT2D eigenvalue weighted by Crippen LogP contribution is -2.18. The number of benzene rings is 1. The zero-order valence-corrected chi connectivity index (χ0v) is 11.5. The van der Waals surface area contributed by atoms with Crippen LogP contribution in [0.5, 0.6) is 0 Å². The highest BCUT2D eigenvalue weighted by Crippen LogP contribution is 2.26. The van der Waals surface area contributed by atoms with Crippen LogP contribution < -0.4 is 5.32 Å². The lowest BCUT2D eigenvalue weighted by molar-refractivity contribution is 0.594. The minimum absolute atomic E-state index is 0.370. The Morgan fingerprint density at radius 1 is 1.25 bits per heavy atom. The molecule has 2 rings (SSSR count). The number of halogens is 1. The molecule has 0 fully saturated rings. The van der Waals surface area contributed by atoms with Crippen molar-refractivity contribution in [1.29, 1.82) is 0 Å². The van der Waals surface area contributed by atoms with Crippen LogP contribution >= 0.6 is 27.3 Å². The molecular formula is C13H14BrNS. The van der Waals surface area contributed by atoms with E-state index in [0.717, 1.165) is 6.42 Å². The highest BCUT2D eigenvalue weighted by atomic mass is 79.9. The average molecular weight is 296 g/mol. The molecule has 84 valence electrons. The first-order valence-electron chi connectivity index (χ1n) is 5.25. The molecule has 0 saturated carbocycles. The maximum atomic E-state index is 3.61. The first-order valence-corrected chi connectivity index (χ1v) is 6.92. The highest BCUT2D eigenvalue weighted by Gasteiger charge is 2.12. The molecule has 1 nitrogen and oxygen atoms in total. The number of nitrogens with one attached hydrogen (secondary N) is 1. The highest BCUT2D eigenvalue weighted by molar-refractivity contribution is 9.10. The molecule has 0 spiro atoms. The fourth-order valence-corrected chi connectivity index (χ4v) is 3.07. The van der Waals surface area contributed by atoms with E-state index in [1.165, 1.54) is 14.9 Å². The summed E-state index contributed by atoms with van der Waals surface area (Å²) in [6.07, 6.45) is 1.04. The molecule has 0 bridgehead atoms. The predicted molar refractivity (Wildman–Crippen MR) is 74.0 cm³/mol. The Bertz CT molecular complexity index is 439. The normalized spacial score (nSPS) is 12.6. The Morgan fingerprint density at radius 3 is 2.69 bits per heavy atom. The molecule has 1 unspecified atom stereocenters. The Balaban J connectivity index is 2.20. The molecule has 1 atom stereocenters. The Hall–Kier alpha value is -0.640. The van der Waals surface area contributed by atoms with Crippen molar-refractivity contribution in [1.82, 2.24) is 5.32 Å². The van der Waals surface area contributed by atoms with E-state index in [4.69, 9.17) is 0 Å². The van der Waals surface area contributed by atoms with E-state index >= 15 is 0 Å². The summed E-state index contributed by atoms with van der Waals surface area (Å²) in [5.41, 5.74) is 1.32. The van der Waals surface area contributed by atoms with Gasteiger partial charge in [0, 0.05) is 21.8 Å². The van der Waals surface area contributed by atoms with Crippen LogP contribution in [0.4, 0.5) is 0 Å². The van der Waals surface area contributed by atoms with Crippen LogP contribution in [0.2, 0.25) is 0 Å². The smallest absolute Gasteiger partial charge is 0.0377 e. The van der Waals surface area contributed by atoms with E-state index in [0.29, 0.717) is 6.04 Å². The first-order chi connectivity index (χ1) is 7.81. The van der Waals surface area contributed by atoms with Crippen molar-refractivity contribution >= 4 is 27.3 Å². The van der Waals surface area contributed by atoms with Gasteiger partial charge in [-0.05, 0) is 30.1 Å². The molecule has 0 aliphatic carbocycles. The van der Waals surface area contributed by atoms with Gasteiger partial charge >= 0.3 is 0 Å². The van der Waals surface area contributed by atoms with Gasteiger partial charge in [-0.15, -0.1) is 11.3 Å². The van der Waals surface area contributed by atoms with Gasteiger partial charge in [0.2, 0.25) is 0 Å². The minimum atomic E-state index is 0.370. The van der Waals surface area contributed by atoms with Gasteiger partial charge < -0.3 is 5.32 Å². The number of rotatable bonds is 4. The molecule has 1 aromatic carbocycles. The molecule has 0 amide bonds. The Labute approximate surface area is 109 Å². The Kier molecular flexibility index (Phi) is 4.16. The third kappa shape index (κ3) is 2.73. The fourth-order valence-electron chi connectivity index (χ4n) is 1.76. The van der Waals surface area contributed by atoms with Crippen LogP contribution in [-0.2, 0) is 6.42 Å². The quantitative estimate of drug-likeness (QED) is 0.898. The monoisotopic (exact) mass is 295 g/mol. The van der Waals surface area contributed by atoms with Crippen molar-refractivity contribution in [2.75, 3.05) is 7.05 Å². The molecule has 1 heterocycles. The molecule has 0 aliphatic rings. The van der Waals surface area contributed by atoms with Crippen LogP contribution in [0.15, 0.2) is 46.3 Å². The summed E-state index contributed by atoms with van der Waals surface area (Å²) < 4.78 is 1.17. The third-order valence-electron chi connectivity index (χ3n) is 2.61. The van der Waals surface area contributed by atoms with Crippen LogP contribution in [0.3, 0.4) is 0 Å². The largest absolute Gasteiger partial charge is 0.313 e. The third-order valence-corrected chi connectivity index (χ3v) is 4.24. The van der Waals surface area contributed by atoms with Crippen molar-refractivity contribution in [3.63, 3.8) is 0 Å². The first kappa shape index (κ1) is 11.8. The second kappa shape index (κ2) is 5.62. The van der Waals surface area contributed by atoms with Gasteiger partial charge in [-0.25, -0.2) is 0 Å². The average Bonchev–Trinajstić information content (AvgIpc) is 2.80. The minimum Gasteiger partial charge on any atom is -0.313 e. The molecule has 0 aliphatic heterocycles. The predicted octanol–water partition coefficient (Wildman–Crippen LogP) is 4.01. The summed E-state index contributed by atoms with van der Waals surface area (Å²) in [5, 5.41) is 5.50. The molecule has 16 heavy (non-hydrogen) atoms. The zero-order chi connectivity index (χ0) is 11.4. The standard InChI is InChI=1S/C13H14BrNS/c1-15-13(9-10-5-4-8-16-10)11-6-2-3-7-12(11)14/h2-8,13,15H,9H2,1H3. The summed E-state index contributed by atoms with van der Waals surface area (Å²) in [5.74, 6) is 0. The van der Waals surface area contributed by atoms with Gasteiger partial charge in [-0.1, -0.05) is 40.2 Å². The lowest BCUT2D eigenvalue weighted by Gasteiger charge is -2.17. The number of thiophene rings is 1. The molecular weight excluding hydrogens is 282 g/mol. The van der Waals surface area contributed by atoms with Crippen molar-refractivity contribution in [2.45, 2.75) is 12.5 Å². The van der Waals surface area contributed by atoms with E-state index in [-0.39, 0.29) is 0 Å². The van der Waals surface area contributed by atoms with Crippen molar-refractivity contribution in [2.24, 2.45) is 0 Å². The van der Waals surface area contributed by atoms with Gasteiger partial charge in [0.05, 0.1) is 0 Å². The van der Waals surface area contributed by atoms with Crippen LogP contribution in [0, 0.1) is 0 Å². The van der Waals surface area contributed by atoms with Gasteiger partial charge in [-0.3, -0.25) is 0 Å². The molecule has 0 saturated heterocycles. The van der Waals surface area contributed by atoms with Crippen LogP contribution in [-0.4, -0.2) is 7.05 Å². The summed E-state index contributed by atoms with van der Waals surface area (Å²) in [6.45, 7) is 0. The van der Waals surface area contributed by atoms with E-state index in [1.54, 1.807) is 0 Å². The van der Waals surface area contributed by atoms with Gasteiger partial charge in [0.1, 0.15) is 0 Å². The van der Waals surface area contributed by atoms with E-state index in [2.05, 4.69) is 57.0 Å². The summed E-state index contributed by atoms with van der Waals surface area (Å²) >= 11 is 5.42. The van der Waals surface area contributed by atoms with E-state index in [1.807, 2.05) is 24.5 Å². The van der Waals surface area contributed by atoms with Crippen molar-refractivity contribution in [3.8, 4) is 0 Å².